The number of esters is 1. The van der Waals surface area contributed by atoms with Crippen LogP contribution < -0.4 is 5.32 Å². The maximum absolute atomic E-state index is 11.4. The van der Waals surface area contributed by atoms with Crippen molar-refractivity contribution in [2.45, 2.75) is 33.4 Å². The molecule has 1 N–H and O–H groups in total. The highest BCUT2D eigenvalue weighted by atomic mass is 79.9. The van der Waals surface area contributed by atoms with Crippen molar-refractivity contribution in [2.24, 2.45) is 5.92 Å². The van der Waals surface area contributed by atoms with Crippen LogP contribution >= 0.6 is 15.9 Å². The van der Waals surface area contributed by atoms with E-state index in [1.165, 1.54) is 7.11 Å². The number of nitrogens with one attached hydrogen (secondary N) is 1. The molecule has 1 aromatic rings. The molecule has 0 saturated carbocycles. The maximum atomic E-state index is 11.4. The van der Waals surface area contributed by atoms with Crippen LogP contribution in [0.15, 0.2) is 22.7 Å². The Bertz CT molecular complexity index is 418. The first kappa shape index (κ1) is 15.2. The topological polar surface area (TPSA) is 38.3 Å². The van der Waals surface area contributed by atoms with E-state index < -0.39 is 0 Å². The minimum absolute atomic E-state index is 0.314. The van der Waals surface area contributed by atoms with Gasteiger partial charge >= 0.3 is 5.97 Å². The molecule has 1 unspecified atom stereocenters. The fourth-order valence-corrected chi connectivity index (χ4v) is 1.96. The normalized spacial score (nSPS) is 12.6. The molecule has 0 aliphatic heterocycles. The summed E-state index contributed by atoms with van der Waals surface area (Å²) < 4.78 is 5.61. The molecule has 0 aliphatic carbocycles. The van der Waals surface area contributed by atoms with E-state index >= 15 is 0 Å². The van der Waals surface area contributed by atoms with Gasteiger partial charge in [0.25, 0.3) is 0 Å². The average molecular weight is 314 g/mol. The number of hydrogen-bond donors (Lipinski definition) is 1. The monoisotopic (exact) mass is 313 g/mol. The van der Waals surface area contributed by atoms with Crippen LogP contribution in [0.25, 0.3) is 0 Å². The molecule has 0 bridgehead atoms. The molecule has 0 aliphatic rings. The lowest BCUT2D eigenvalue weighted by Gasteiger charge is -2.18. The molecule has 100 valence electrons. The van der Waals surface area contributed by atoms with Gasteiger partial charge in [0.05, 0.1) is 12.7 Å². The summed E-state index contributed by atoms with van der Waals surface area (Å²) in [5.41, 5.74) is 1.69. The van der Waals surface area contributed by atoms with Crippen LogP contribution in [0.1, 0.15) is 36.7 Å². The highest BCUT2D eigenvalue weighted by molar-refractivity contribution is 9.10. The molecule has 0 heterocycles. The highest BCUT2D eigenvalue weighted by Gasteiger charge is 2.10. The van der Waals surface area contributed by atoms with E-state index in [1.807, 2.05) is 6.07 Å². The van der Waals surface area contributed by atoms with Crippen LogP contribution in [-0.2, 0) is 11.3 Å². The Kier molecular flexibility index (Phi) is 5.82. The second-order valence-corrected chi connectivity index (χ2v) is 5.57. The Morgan fingerprint density at radius 1 is 1.39 bits per heavy atom. The summed E-state index contributed by atoms with van der Waals surface area (Å²) in [6.07, 6.45) is 0. The van der Waals surface area contributed by atoms with Crippen molar-refractivity contribution >= 4 is 21.9 Å². The fraction of sp³-hybridized carbons (Fsp3) is 0.500. The summed E-state index contributed by atoms with van der Waals surface area (Å²) in [6.45, 7) is 7.32. The minimum atomic E-state index is -0.314. The maximum Gasteiger partial charge on any atom is 0.337 e. The van der Waals surface area contributed by atoms with Crippen LogP contribution in [0.4, 0.5) is 0 Å². The summed E-state index contributed by atoms with van der Waals surface area (Å²) in [5, 5.41) is 3.46. The Labute approximate surface area is 117 Å². The fourth-order valence-electron chi connectivity index (χ4n) is 1.44. The van der Waals surface area contributed by atoms with Gasteiger partial charge in [0.2, 0.25) is 0 Å². The molecule has 4 heteroatoms. The molecular weight excluding hydrogens is 294 g/mol. The van der Waals surface area contributed by atoms with Crippen molar-refractivity contribution in [3.63, 3.8) is 0 Å². The van der Waals surface area contributed by atoms with E-state index in [1.54, 1.807) is 12.1 Å². The van der Waals surface area contributed by atoms with Crippen LogP contribution in [0.3, 0.4) is 0 Å². The number of carbonyl (C=O) groups is 1. The zero-order chi connectivity index (χ0) is 13.7. The molecule has 0 amide bonds. The Morgan fingerprint density at radius 2 is 2.06 bits per heavy atom. The summed E-state index contributed by atoms with van der Waals surface area (Å²) >= 11 is 3.48. The van der Waals surface area contributed by atoms with E-state index in [0.717, 1.165) is 16.6 Å². The summed E-state index contributed by atoms with van der Waals surface area (Å²) in [4.78, 5) is 11.4. The van der Waals surface area contributed by atoms with Crippen molar-refractivity contribution in [1.29, 1.82) is 0 Å². The number of rotatable bonds is 5. The highest BCUT2D eigenvalue weighted by Crippen LogP contribution is 2.19. The minimum Gasteiger partial charge on any atom is -0.465 e. The third-order valence-corrected chi connectivity index (χ3v) is 3.83. The Balaban J connectivity index is 2.71. The van der Waals surface area contributed by atoms with Gasteiger partial charge in [-0.1, -0.05) is 35.8 Å². The molecule has 0 saturated heterocycles. The predicted molar refractivity (Wildman–Crippen MR) is 76.6 cm³/mol. The van der Waals surface area contributed by atoms with Crippen molar-refractivity contribution in [3.8, 4) is 0 Å². The summed E-state index contributed by atoms with van der Waals surface area (Å²) in [7, 11) is 1.38. The van der Waals surface area contributed by atoms with Crippen molar-refractivity contribution in [2.75, 3.05) is 7.11 Å². The molecule has 3 nitrogen and oxygen atoms in total. The molecule has 0 fully saturated rings. The molecule has 0 spiro atoms. The van der Waals surface area contributed by atoms with E-state index in [4.69, 9.17) is 0 Å². The number of benzene rings is 1. The average Bonchev–Trinajstić information content (AvgIpc) is 2.35. The SMILES string of the molecule is COC(=O)c1ccc(CNC(C)C(C)C)c(Br)c1. The van der Waals surface area contributed by atoms with Gasteiger partial charge in [-0.05, 0) is 30.5 Å². The first-order valence-corrected chi connectivity index (χ1v) is 6.85. The molecule has 0 aromatic heterocycles. The van der Waals surface area contributed by atoms with Crippen molar-refractivity contribution in [3.05, 3.63) is 33.8 Å². The van der Waals surface area contributed by atoms with Crippen LogP contribution in [-0.4, -0.2) is 19.1 Å². The number of methoxy groups -OCH3 is 1. The lowest BCUT2D eigenvalue weighted by atomic mass is 10.1. The molecule has 1 rings (SSSR count). The number of hydrogen-bond acceptors (Lipinski definition) is 3. The van der Waals surface area contributed by atoms with Crippen molar-refractivity contribution in [1.82, 2.24) is 5.32 Å². The van der Waals surface area contributed by atoms with E-state index in [2.05, 4.69) is 46.8 Å². The zero-order valence-corrected chi connectivity index (χ0v) is 12.9. The second-order valence-electron chi connectivity index (χ2n) is 4.71. The van der Waals surface area contributed by atoms with Gasteiger partial charge in [-0.3, -0.25) is 0 Å². The quantitative estimate of drug-likeness (QED) is 0.847. The molecule has 18 heavy (non-hydrogen) atoms. The second kappa shape index (κ2) is 6.90. The number of ether oxygens (including phenoxy) is 1. The third-order valence-electron chi connectivity index (χ3n) is 3.09. The van der Waals surface area contributed by atoms with Gasteiger partial charge in [0, 0.05) is 17.1 Å². The van der Waals surface area contributed by atoms with Gasteiger partial charge in [0.15, 0.2) is 0 Å². The lowest BCUT2D eigenvalue weighted by molar-refractivity contribution is 0.0600. The molecular formula is C14H20BrNO2. The van der Waals surface area contributed by atoms with Gasteiger partial charge in [0.1, 0.15) is 0 Å². The van der Waals surface area contributed by atoms with Gasteiger partial charge in [-0.2, -0.15) is 0 Å². The number of halogens is 1. The van der Waals surface area contributed by atoms with Gasteiger partial charge in [-0.15, -0.1) is 0 Å². The van der Waals surface area contributed by atoms with Gasteiger partial charge < -0.3 is 10.1 Å². The predicted octanol–water partition coefficient (Wildman–Crippen LogP) is 3.37. The summed E-state index contributed by atoms with van der Waals surface area (Å²) in [6, 6.07) is 5.98. The lowest BCUT2D eigenvalue weighted by Crippen LogP contribution is -2.30. The Hall–Kier alpha value is -0.870. The van der Waals surface area contributed by atoms with Crippen LogP contribution in [0, 0.1) is 5.92 Å². The van der Waals surface area contributed by atoms with Gasteiger partial charge in [-0.25, -0.2) is 4.79 Å². The largest absolute Gasteiger partial charge is 0.465 e. The van der Waals surface area contributed by atoms with Crippen molar-refractivity contribution < 1.29 is 9.53 Å². The number of carbonyl (C=O) groups excluding carboxylic acids is 1. The van der Waals surface area contributed by atoms with E-state index in [0.29, 0.717) is 17.5 Å². The first-order chi connectivity index (χ1) is 8.45. The summed E-state index contributed by atoms with van der Waals surface area (Å²) in [5.74, 6) is 0.281. The van der Waals surface area contributed by atoms with E-state index in [9.17, 15) is 4.79 Å². The Morgan fingerprint density at radius 3 is 2.56 bits per heavy atom. The molecule has 1 atom stereocenters. The smallest absolute Gasteiger partial charge is 0.337 e. The third kappa shape index (κ3) is 4.10. The molecule has 0 radical (unpaired) electrons. The van der Waals surface area contributed by atoms with Crippen LogP contribution in [0.5, 0.6) is 0 Å². The van der Waals surface area contributed by atoms with E-state index in [-0.39, 0.29) is 5.97 Å². The van der Waals surface area contributed by atoms with Crippen LogP contribution in [0.2, 0.25) is 0 Å². The standard InChI is InChI=1S/C14H20BrNO2/c1-9(2)10(3)16-8-12-6-5-11(7-13(12)15)14(17)18-4/h5-7,9-10,16H,8H2,1-4H3. The zero-order valence-electron chi connectivity index (χ0n) is 11.3. The first-order valence-electron chi connectivity index (χ1n) is 6.05. The molecule has 1 aromatic carbocycles.